The summed E-state index contributed by atoms with van der Waals surface area (Å²) >= 11 is 0. The highest BCUT2D eigenvalue weighted by molar-refractivity contribution is 7.89. The number of amides is 1. The molecule has 0 radical (unpaired) electrons. The molecular formula is C21H26FN3O3S. The number of sulfonamides is 1. The molecule has 1 N–H and O–H groups in total. The van der Waals surface area contributed by atoms with Gasteiger partial charge in [0, 0.05) is 31.9 Å². The van der Waals surface area contributed by atoms with Crippen LogP contribution in [0.2, 0.25) is 0 Å². The van der Waals surface area contributed by atoms with E-state index in [1.165, 1.54) is 28.1 Å². The van der Waals surface area contributed by atoms with Crippen molar-refractivity contribution in [3.05, 3.63) is 59.9 Å². The Kier molecular flexibility index (Phi) is 6.66. The fourth-order valence-electron chi connectivity index (χ4n) is 3.34. The zero-order valence-corrected chi connectivity index (χ0v) is 17.5. The second-order valence-corrected chi connectivity index (χ2v) is 9.05. The van der Waals surface area contributed by atoms with Gasteiger partial charge in [-0.2, -0.15) is 4.31 Å². The third kappa shape index (κ3) is 5.01. The lowest BCUT2D eigenvalue weighted by Gasteiger charge is -2.36. The monoisotopic (exact) mass is 419 g/mol. The number of hydrogen-bond donors (Lipinski definition) is 1. The maximum atomic E-state index is 13.4. The molecule has 0 unspecified atom stereocenters. The number of halogens is 1. The fourth-order valence-corrected chi connectivity index (χ4v) is 4.80. The largest absolute Gasteiger partial charge is 0.325 e. The summed E-state index contributed by atoms with van der Waals surface area (Å²) < 4.78 is 40.2. The third-order valence-electron chi connectivity index (χ3n) is 5.26. The van der Waals surface area contributed by atoms with Gasteiger partial charge in [0.15, 0.2) is 0 Å². The van der Waals surface area contributed by atoms with Crippen LogP contribution in [0.25, 0.3) is 0 Å². The van der Waals surface area contributed by atoms with E-state index in [1.807, 2.05) is 36.1 Å². The number of carbonyl (C=O) groups excluding carboxylic acids is 1. The molecule has 1 amide bonds. The first-order valence-corrected chi connectivity index (χ1v) is 11.1. The molecule has 6 nitrogen and oxygen atoms in total. The smallest absolute Gasteiger partial charge is 0.243 e. The second kappa shape index (κ2) is 9.02. The number of rotatable bonds is 6. The van der Waals surface area contributed by atoms with Crippen LogP contribution in [0.4, 0.5) is 10.1 Å². The standard InChI is InChI=1S/C21H26FN3O3S/c1-3-17-7-9-19(10-8-17)23-21(26)16(2)24-11-13-25(14-12-24)29(27,28)20-6-4-5-18(22)15-20/h4-10,15-16H,3,11-14H2,1-2H3,(H,23,26)/t16-/m0/s1. The SMILES string of the molecule is CCc1ccc(NC(=O)[C@H](C)N2CCN(S(=O)(=O)c3cccc(F)c3)CC2)cc1. The Morgan fingerprint density at radius 1 is 1.10 bits per heavy atom. The molecule has 3 rings (SSSR count). The van der Waals surface area contributed by atoms with Crippen LogP contribution in [0.15, 0.2) is 53.4 Å². The number of piperazine rings is 1. The highest BCUT2D eigenvalue weighted by Crippen LogP contribution is 2.19. The topological polar surface area (TPSA) is 69.7 Å². The lowest BCUT2D eigenvalue weighted by Crippen LogP contribution is -2.53. The molecule has 1 aliphatic rings. The Hall–Kier alpha value is -2.29. The quantitative estimate of drug-likeness (QED) is 0.782. The number of anilines is 1. The minimum absolute atomic E-state index is 0.0488. The van der Waals surface area contributed by atoms with Gasteiger partial charge in [0.1, 0.15) is 5.82 Å². The van der Waals surface area contributed by atoms with Crippen molar-refractivity contribution in [2.75, 3.05) is 31.5 Å². The summed E-state index contributed by atoms with van der Waals surface area (Å²) in [7, 11) is -3.74. The zero-order valence-electron chi connectivity index (χ0n) is 16.6. The summed E-state index contributed by atoms with van der Waals surface area (Å²) in [6, 6.07) is 12.4. The van der Waals surface area contributed by atoms with Crippen molar-refractivity contribution >= 4 is 21.6 Å². The first kappa shape index (κ1) is 21.4. The summed E-state index contributed by atoms with van der Waals surface area (Å²) in [5, 5.41) is 2.91. The molecule has 0 spiro atoms. The fraction of sp³-hybridized carbons (Fsp3) is 0.381. The normalized spacial score (nSPS) is 17.1. The van der Waals surface area contributed by atoms with Gasteiger partial charge in [0.25, 0.3) is 0 Å². The molecule has 29 heavy (non-hydrogen) atoms. The number of nitrogens with one attached hydrogen (secondary N) is 1. The Labute approximate surface area is 171 Å². The number of nitrogens with zero attached hydrogens (tertiary/aromatic N) is 2. The van der Waals surface area contributed by atoms with Gasteiger partial charge >= 0.3 is 0 Å². The van der Waals surface area contributed by atoms with Crippen LogP contribution < -0.4 is 5.32 Å². The Balaban J connectivity index is 1.58. The van der Waals surface area contributed by atoms with Crippen molar-refractivity contribution < 1.29 is 17.6 Å². The molecule has 8 heteroatoms. The third-order valence-corrected chi connectivity index (χ3v) is 7.16. The van der Waals surface area contributed by atoms with E-state index in [-0.39, 0.29) is 29.9 Å². The van der Waals surface area contributed by atoms with Crippen molar-refractivity contribution in [3.8, 4) is 0 Å². The molecule has 156 valence electrons. The molecule has 1 aliphatic heterocycles. The summed E-state index contributed by atoms with van der Waals surface area (Å²) in [6.07, 6.45) is 0.938. The Morgan fingerprint density at radius 3 is 2.34 bits per heavy atom. The van der Waals surface area contributed by atoms with Gasteiger partial charge in [-0.05, 0) is 49.2 Å². The number of aryl methyl sites for hydroxylation is 1. The summed E-state index contributed by atoms with van der Waals surface area (Å²) in [5.74, 6) is -0.711. The lowest BCUT2D eigenvalue weighted by molar-refractivity contribution is -0.121. The van der Waals surface area contributed by atoms with E-state index in [2.05, 4.69) is 12.2 Å². The summed E-state index contributed by atoms with van der Waals surface area (Å²) in [4.78, 5) is 14.5. The molecule has 1 heterocycles. The van der Waals surface area contributed by atoms with E-state index in [0.29, 0.717) is 13.1 Å². The van der Waals surface area contributed by atoms with E-state index in [0.717, 1.165) is 18.2 Å². The van der Waals surface area contributed by atoms with Gasteiger partial charge in [0.2, 0.25) is 15.9 Å². The molecule has 2 aromatic carbocycles. The minimum Gasteiger partial charge on any atom is -0.325 e. The van der Waals surface area contributed by atoms with Crippen LogP contribution in [-0.2, 0) is 21.2 Å². The molecule has 0 saturated carbocycles. The molecule has 1 fully saturated rings. The average Bonchev–Trinajstić information content (AvgIpc) is 2.74. The summed E-state index contributed by atoms with van der Waals surface area (Å²) in [5.41, 5.74) is 1.94. The first-order chi connectivity index (χ1) is 13.8. The van der Waals surface area contributed by atoms with Gasteiger partial charge < -0.3 is 5.32 Å². The number of carbonyl (C=O) groups is 1. The zero-order chi connectivity index (χ0) is 21.0. The highest BCUT2D eigenvalue weighted by Gasteiger charge is 2.32. The van der Waals surface area contributed by atoms with E-state index >= 15 is 0 Å². The van der Waals surface area contributed by atoms with Crippen molar-refractivity contribution in [2.24, 2.45) is 0 Å². The maximum Gasteiger partial charge on any atom is 0.243 e. The van der Waals surface area contributed by atoms with E-state index < -0.39 is 15.8 Å². The Morgan fingerprint density at radius 2 is 1.76 bits per heavy atom. The van der Waals surface area contributed by atoms with Crippen LogP contribution in [0, 0.1) is 5.82 Å². The second-order valence-electron chi connectivity index (χ2n) is 7.11. The van der Waals surface area contributed by atoms with E-state index in [9.17, 15) is 17.6 Å². The van der Waals surface area contributed by atoms with Gasteiger partial charge in [-0.15, -0.1) is 0 Å². The van der Waals surface area contributed by atoms with Gasteiger partial charge in [-0.25, -0.2) is 12.8 Å². The molecular weight excluding hydrogens is 393 g/mol. The minimum atomic E-state index is -3.74. The molecule has 0 bridgehead atoms. The van der Waals surface area contributed by atoms with Crippen LogP contribution in [0.3, 0.4) is 0 Å². The molecule has 0 aliphatic carbocycles. The van der Waals surface area contributed by atoms with Crippen LogP contribution in [0.1, 0.15) is 19.4 Å². The number of benzene rings is 2. The van der Waals surface area contributed by atoms with Crippen molar-refractivity contribution in [1.29, 1.82) is 0 Å². The van der Waals surface area contributed by atoms with E-state index in [1.54, 1.807) is 0 Å². The highest BCUT2D eigenvalue weighted by atomic mass is 32.2. The van der Waals surface area contributed by atoms with Gasteiger partial charge in [-0.1, -0.05) is 25.1 Å². The average molecular weight is 420 g/mol. The maximum absolute atomic E-state index is 13.4. The molecule has 2 aromatic rings. The predicted molar refractivity (Wildman–Crippen MR) is 111 cm³/mol. The lowest BCUT2D eigenvalue weighted by atomic mass is 10.1. The molecule has 0 aromatic heterocycles. The number of hydrogen-bond acceptors (Lipinski definition) is 4. The van der Waals surface area contributed by atoms with Gasteiger partial charge in [-0.3, -0.25) is 9.69 Å². The molecule has 1 saturated heterocycles. The van der Waals surface area contributed by atoms with Crippen LogP contribution >= 0.6 is 0 Å². The van der Waals surface area contributed by atoms with Crippen LogP contribution in [-0.4, -0.2) is 55.8 Å². The summed E-state index contributed by atoms with van der Waals surface area (Å²) in [6.45, 7) is 5.25. The molecule has 1 atom stereocenters. The Bertz CT molecular complexity index is 955. The van der Waals surface area contributed by atoms with Crippen LogP contribution in [0.5, 0.6) is 0 Å². The van der Waals surface area contributed by atoms with Crippen molar-refractivity contribution in [3.63, 3.8) is 0 Å². The van der Waals surface area contributed by atoms with E-state index in [4.69, 9.17) is 0 Å². The van der Waals surface area contributed by atoms with Crippen molar-refractivity contribution in [2.45, 2.75) is 31.2 Å². The predicted octanol–water partition coefficient (Wildman–Crippen LogP) is 2.72. The van der Waals surface area contributed by atoms with Crippen molar-refractivity contribution in [1.82, 2.24) is 9.21 Å². The van der Waals surface area contributed by atoms with Gasteiger partial charge in [0.05, 0.1) is 10.9 Å². The first-order valence-electron chi connectivity index (χ1n) is 9.71.